The van der Waals surface area contributed by atoms with Crippen molar-refractivity contribution in [3.63, 3.8) is 0 Å². The van der Waals surface area contributed by atoms with E-state index in [1.165, 1.54) is 27.8 Å². The van der Waals surface area contributed by atoms with Crippen molar-refractivity contribution in [2.75, 3.05) is 39.4 Å². The van der Waals surface area contributed by atoms with Gasteiger partial charge in [-0.05, 0) is 12.1 Å². The molecule has 138 valence electrons. The van der Waals surface area contributed by atoms with E-state index in [2.05, 4.69) is 4.98 Å². The fourth-order valence-corrected chi connectivity index (χ4v) is 4.91. The van der Waals surface area contributed by atoms with Crippen molar-refractivity contribution in [1.29, 1.82) is 0 Å². The first-order chi connectivity index (χ1) is 12.6. The minimum Gasteiger partial charge on any atom is -0.486 e. The zero-order valence-electron chi connectivity index (χ0n) is 13.8. The van der Waals surface area contributed by atoms with Crippen molar-refractivity contribution in [2.24, 2.45) is 0 Å². The Labute approximate surface area is 155 Å². The number of aromatic nitrogens is 1. The molecule has 1 aromatic carbocycles. The van der Waals surface area contributed by atoms with Gasteiger partial charge in [0.1, 0.15) is 18.9 Å². The third-order valence-electron chi connectivity index (χ3n) is 4.33. The molecule has 2 aliphatic heterocycles. The Morgan fingerprint density at radius 2 is 1.81 bits per heavy atom. The molecule has 2 aliphatic rings. The summed E-state index contributed by atoms with van der Waals surface area (Å²) in [7, 11) is -3.65. The average Bonchev–Trinajstić information content (AvgIpc) is 3.22. The number of ether oxygens (including phenoxy) is 2. The minimum atomic E-state index is -3.65. The van der Waals surface area contributed by atoms with Gasteiger partial charge in [0.15, 0.2) is 11.5 Å². The molecule has 0 bridgehead atoms. The SMILES string of the molecule is O=C(c1cscn1)N1CCN(S(=O)(=O)c2ccc3c(c2)OCCO3)CC1. The fraction of sp³-hybridized carbons (Fsp3) is 0.375. The van der Waals surface area contributed by atoms with Crippen LogP contribution in [0, 0.1) is 0 Å². The summed E-state index contributed by atoms with van der Waals surface area (Å²) >= 11 is 1.36. The highest BCUT2D eigenvalue weighted by atomic mass is 32.2. The molecule has 8 nitrogen and oxygen atoms in total. The number of carbonyl (C=O) groups excluding carboxylic acids is 1. The van der Waals surface area contributed by atoms with Crippen LogP contribution in [0.15, 0.2) is 34.0 Å². The molecule has 1 fully saturated rings. The van der Waals surface area contributed by atoms with Gasteiger partial charge in [0.05, 0.1) is 10.4 Å². The van der Waals surface area contributed by atoms with Crippen LogP contribution in [-0.4, -0.2) is 67.9 Å². The van der Waals surface area contributed by atoms with Gasteiger partial charge < -0.3 is 14.4 Å². The van der Waals surface area contributed by atoms with E-state index in [4.69, 9.17) is 9.47 Å². The molecule has 1 aromatic heterocycles. The second kappa shape index (κ2) is 6.86. The molecular formula is C16H17N3O5S2. The van der Waals surface area contributed by atoms with E-state index >= 15 is 0 Å². The van der Waals surface area contributed by atoms with Gasteiger partial charge in [-0.3, -0.25) is 4.79 Å². The quantitative estimate of drug-likeness (QED) is 0.772. The second-order valence-electron chi connectivity index (χ2n) is 5.88. The summed E-state index contributed by atoms with van der Waals surface area (Å²) < 4.78 is 38.1. The molecule has 3 heterocycles. The topological polar surface area (TPSA) is 89.0 Å². The Kier molecular flexibility index (Phi) is 4.55. The molecule has 0 aliphatic carbocycles. The summed E-state index contributed by atoms with van der Waals surface area (Å²) in [4.78, 5) is 18.1. The molecule has 0 unspecified atom stereocenters. The van der Waals surface area contributed by atoms with Crippen molar-refractivity contribution >= 4 is 27.3 Å². The van der Waals surface area contributed by atoms with Crippen LogP contribution in [0.4, 0.5) is 0 Å². The fourth-order valence-electron chi connectivity index (χ4n) is 2.94. The molecule has 4 rings (SSSR count). The van der Waals surface area contributed by atoms with Crippen molar-refractivity contribution in [1.82, 2.24) is 14.2 Å². The van der Waals surface area contributed by atoms with Crippen molar-refractivity contribution < 1.29 is 22.7 Å². The Bertz CT molecular complexity index is 906. The van der Waals surface area contributed by atoms with Crippen LogP contribution in [0.25, 0.3) is 0 Å². The third-order valence-corrected chi connectivity index (χ3v) is 6.81. The Balaban J connectivity index is 1.47. The summed E-state index contributed by atoms with van der Waals surface area (Å²) in [5.41, 5.74) is 2.01. The van der Waals surface area contributed by atoms with Crippen LogP contribution >= 0.6 is 11.3 Å². The lowest BCUT2D eigenvalue weighted by molar-refractivity contribution is 0.0693. The molecule has 0 N–H and O–H groups in total. The smallest absolute Gasteiger partial charge is 0.273 e. The van der Waals surface area contributed by atoms with Crippen molar-refractivity contribution in [3.8, 4) is 11.5 Å². The first kappa shape index (κ1) is 17.3. The Morgan fingerprint density at radius 1 is 1.08 bits per heavy atom. The molecule has 0 radical (unpaired) electrons. The standard InChI is InChI=1S/C16H17N3O5S2/c20-16(13-10-25-11-17-13)18-3-5-19(6-4-18)26(21,22)12-1-2-14-15(9-12)24-8-7-23-14/h1-2,9-11H,3-8H2. The summed E-state index contributed by atoms with van der Waals surface area (Å²) in [5.74, 6) is 0.825. The lowest BCUT2D eigenvalue weighted by Gasteiger charge is -2.33. The van der Waals surface area contributed by atoms with Gasteiger partial charge in [-0.2, -0.15) is 4.31 Å². The number of thiazole rings is 1. The zero-order valence-corrected chi connectivity index (χ0v) is 15.5. The molecule has 10 heteroatoms. The maximum atomic E-state index is 12.9. The summed E-state index contributed by atoms with van der Waals surface area (Å²) in [6, 6.07) is 4.63. The average molecular weight is 395 g/mol. The number of carbonyl (C=O) groups is 1. The van der Waals surface area contributed by atoms with Crippen LogP contribution in [-0.2, 0) is 10.0 Å². The van der Waals surface area contributed by atoms with E-state index in [-0.39, 0.29) is 23.9 Å². The monoisotopic (exact) mass is 395 g/mol. The highest BCUT2D eigenvalue weighted by Gasteiger charge is 2.31. The second-order valence-corrected chi connectivity index (χ2v) is 8.53. The van der Waals surface area contributed by atoms with E-state index in [1.54, 1.807) is 21.9 Å². The van der Waals surface area contributed by atoms with Gasteiger partial charge in [-0.1, -0.05) is 0 Å². The zero-order chi connectivity index (χ0) is 18.1. The predicted octanol–water partition coefficient (Wildman–Crippen LogP) is 1.06. The number of sulfonamides is 1. The molecule has 26 heavy (non-hydrogen) atoms. The van der Waals surface area contributed by atoms with E-state index in [0.29, 0.717) is 43.5 Å². The summed E-state index contributed by atoms with van der Waals surface area (Å²) in [6.07, 6.45) is 0. The molecule has 0 spiro atoms. The lowest BCUT2D eigenvalue weighted by atomic mass is 10.3. The number of fused-ring (bicyclic) bond motifs is 1. The molecule has 1 amide bonds. The predicted molar refractivity (Wildman–Crippen MR) is 94.2 cm³/mol. The van der Waals surface area contributed by atoms with Crippen molar-refractivity contribution in [3.05, 3.63) is 34.8 Å². The van der Waals surface area contributed by atoms with Crippen LogP contribution in [0.3, 0.4) is 0 Å². The van der Waals surface area contributed by atoms with Crippen LogP contribution in [0.2, 0.25) is 0 Å². The molecule has 0 saturated carbocycles. The van der Waals surface area contributed by atoms with E-state index in [9.17, 15) is 13.2 Å². The number of piperazine rings is 1. The van der Waals surface area contributed by atoms with Gasteiger partial charge >= 0.3 is 0 Å². The van der Waals surface area contributed by atoms with Gasteiger partial charge in [0, 0.05) is 37.6 Å². The first-order valence-electron chi connectivity index (χ1n) is 8.13. The highest BCUT2D eigenvalue weighted by molar-refractivity contribution is 7.89. The van der Waals surface area contributed by atoms with Gasteiger partial charge in [0.25, 0.3) is 5.91 Å². The number of hydrogen-bond acceptors (Lipinski definition) is 7. The Hall–Kier alpha value is -2.17. The Morgan fingerprint density at radius 3 is 2.50 bits per heavy atom. The summed E-state index contributed by atoms with van der Waals surface area (Å²) in [5, 5.41) is 1.70. The first-order valence-corrected chi connectivity index (χ1v) is 10.5. The third kappa shape index (κ3) is 3.15. The number of benzene rings is 1. The number of rotatable bonds is 3. The van der Waals surface area contributed by atoms with Gasteiger partial charge in [-0.15, -0.1) is 11.3 Å². The highest BCUT2D eigenvalue weighted by Crippen LogP contribution is 2.33. The normalized spacial score (nSPS) is 17.9. The number of amides is 1. The van der Waals surface area contributed by atoms with E-state index in [1.807, 2.05) is 0 Å². The minimum absolute atomic E-state index is 0.164. The maximum Gasteiger partial charge on any atom is 0.273 e. The molecule has 2 aromatic rings. The lowest BCUT2D eigenvalue weighted by Crippen LogP contribution is -2.50. The molecular weight excluding hydrogens is 378 g/mol. The van der Waals surface area contributed by atoms with E-state index < -0.39 is 10.0 Å². The van der Waals surface area contributed by atoms with Crippen LogP contribution < -0.4 is 9.47 Å². The summed E-state index contributed by atoms with van der Waals surface area (Å²) in [6.45, 7) is 2.00. The number of nitrogens with zero attached hydrogens (tertiary/aromatic N) is 3. The van der Waals surface area contributed by atoms with E-state index in [0.717, 1.165) is 0 Å². The number of hydrogen-bond donors (Lipinski definition) is 0. The van der Waals surface area contributed by atoms with Crippen molar-refractivity contribution in [2.45, 2.75) is 4.90 Å². The van der Waals surface area contributed by atoms with Crippen LogP contribution in [0.5, 0.6) is 11.5 Å². The maximum absolute atomic E-state index is 12.9. The largest absolute Gasteiger partial charge is 0.486 e. The molecule has 1 saturated heterocycles. The van der Waals surface area contributed by atoms with Gasteiger partial charge in [0.2, 0.25) is 10.0 Å². The molecule has 0 atom stereocenters. The van der Waals surface area contributed by atoms with Gasteiger partial charge in [-0.25, -0.2) is 13.4 Å². The van der Waals surface area contributed by atoms with Crippen LogP contribution in [0.1, 0.15) is 10.5 Å².